The van der Waals surface area contributed by atoms with Crippen molar-refractivity contribution < 1.29 is 14.6 Å². The summed E-state index contributed by atoms with van der Waals surface area (Å²) in [6.45, 7) is 13.2. The van der Waals surface area contributed by atoms with E-state index >= 15 is 0 Å². The number of H-pyrrole nitrogens is 1. The van der Waals surface area contributed by atoms with Crippen LogP contribution in [0.4, 0.5) is 0 Å². The van der Waals surface area contributed by atoms with E-state index in [0.29, 0.717) is 17.0 Å². The van der Waals surface area contributed by atoms with E-state index in [1.807, 2.05) is 18.3 Å². The zero-order valence-electron chi connectivity index (χ0n) is 21.3. The number of carboxylic acid groups (broad SMARTS) is 1. The molecule has 35 heavy (non-hydrogen) atoms. The van der Waals surface area contributed by atoms with Gasteiger partial charge in [0.15, 0.2) is 0 Å². The van der Waals surface area contributed by atoms with Gasteiger partial charge in [0.1, 0.15) is 5.75 Å². The number of fused-ring (bicyclic) bond motifs is 4. The van der Waals surface area contributed by atoms with E-state index in [9.17, 15) is 9.90 Å². The summed E-state index contributed by atoms with van der Waals surface area (Å²) < 4.78 is 5.89. The number of nitrogens with zero attached hydrogens (tertiary/aromatic N) is 2. The van der Waals surface area contributed by atoms with Gasteiger partial charge in [0.25, 0.3) is 0 Å². The SMILES string of the molecule is COc1cc(C)c2[nH]ccc2c1CN1C[C@@H]2[C@@H]3[C@H](CN2C[C@@]1(C)c1ccc(C(=O)O)cc1)C3(C)C. The van der Waals surface area contributed by atoms with Crippen molar-refractivity contribution in [3.8, 4) is 5.75 Å². The zero-order chi connectivity index (χ0) is 24.7. The number of benzene rings is 2. The van der Waals surface area contributed by atoms with E-state index in [0.717, 1.165) is 54.8 Å². The van der Waals surface area contributed by atoms with Gasteiger partial charge in [-0.15, -0.1) is 0 Å². The van der Waals surface area contributed by atoms with Crippen molar-refractivity contribution in [2.45, 2.75) is 45.8 Å². The Bertz CT molecular complexity index is 1310. The van der Waals surface area contributed by atoms with Gasteiger partial charge in [-0.05, 0) is 66.5 Å². The fraction of sp³-hybridized carbons (Fsp3) is 0.483. The van der Waals surface area contributed by atoms with Crippen molar-refractivity contribution >= 4 is 16.9 Å². The molecule has 6 heteroatoms. The first kappa shape index (κ1) is 22.6. The maximum absolute atomic E-state index is 11.5. The van der Waals surface area contributed by atoms with Crippen molar-refractivity contribution in [2.75, 3.05) is 26.7 Å². The average Bonchev–Trinajstić information content (AvgIpc) is 3.23. The number of aromatic carboxylic acids is 1. The highest BCUT2D eigenvalue weighted by atomic mass is 16.5. The number of hydrogen-bond acceptors (Lipinski definition) is 4. The third-order valence-electron chi connectivity index (χ3n) is 9.50. The summed E-state index contributed by atoms with van der Waals surface area (Å²) in [5.41, 5.74) is 5.23. The molecule has 2 N–H and O–H groups in total. The molecule has 3 aliphatic rings. The van der Waals surface area contributed by atoms with Crippen LogP contribution < -0.4 is 4.74 Å². The third-order valence-corrected chi connectivity index (χ3v) is 9.50. The number of piperazine rings is 1. The maximum atomic E-state index is 11.5. The molecule has 3 fully saturated rings. The number of piperidine rings is 1. The van der Waals surface area contributed by atoms with E-state index in [1.54, 1.807) is 19.2 Å². The van der Waals surface area contributed by atoms with Gasteiger partial charge >= 0.3 is 5.97 Å². The summed E-state index contributed by atoms with van der Waals surface area (Å²) in [6, 6.07) is 12.4. The Kier molecular flexibility index (Phi) is 4.90. The number of carboxylic acids is 1. The van der Waals surface area contributed by atoms with Crippen molar-refractivity contribution in [1.82, 2.24) is 14.8 Å². The summed E-state index contributed by atoms with van der Waals surface area (Å²) in [4.78, 5) is 20.2. The molecule has 1 aromatic heterocycles. The van der Waals surface area contributed by atoms with Crippen LogP contribution in [0.5, 0.6) is 5.75 Å². The number of nitrogens with one attached hydrogen (secondary N) is 1. The quantitative estimate of drug-likeness (QED) is 0.553. The van der Waals surface area contributed by atoms with Gasteiger partial charge in [0.05, 0.1) is 18.2 Å². The second kappa shape index (κ2) is 7.58. The minimum Gasteiger partial charge on any atom is -0.496 e. The molecule has 2 saturated heterocycles. The molecule has 6 rings (SSSR count). The van der Waals surface area contributed by atoms with Crippen LogP contribution in [0, 0.1) is 24.2 Å². The van der Waals surface area contributed by atoms with E-state index in [2.05, 4.69) is 54.6 Å². The van der Waals surface area contributed by atoms with E-state index in [4.69, 9.17) is 4.74 Å². The molecule has 6 nitrogen and oxygen atoms in total. The molecule has 0 bridgehead atoms. The van der Waals surface area contributed by atoms with E-state index in [1.165, 1.54) is 16.5 Å². The molecule has 2 aliphatic heterocycles. The van der Waals surface area contributed by atoms with E-state index in [-0.39, 0.29) is 5.54 Å². The monoisotopic (exact) mass is 473 g/mol. The minimum absolute atomic E-state index is 0.243. The Morgan fingerprint density at radius 2 is 1.91 bits per heavy atom. The lowest BCUT2D eigenvalue weighted by atomic mass is 9.83. The zero-order valence-corrected chi connectivity index (χ0v) is 21.3. The molecule has 4 atom stereocenters. The number of aromatic amines is 1. The second-order valence-electron chi connectivity index (χ2n) is 11.6. The molecular formula is C29H35N3O3. The molecule has 2 aromatic carbocycles. The topological polar surface area (TPSA) is 68.8 Å². The molecular weight excluding hydrogens is 438 g/mol. The standard InChI is InChI=1S/C29H35N3O3/c1-17-12-24(35-5)21(20-10-11-30-26(17)20)13-32-15-23-25-22(28(25,2)3)14-31(23)16-29(32,4)19-8-6-18(7-9-19)27(33)34/h6-12,22-23,25,30H,13-16H2,1-5H3,(H,33,34)/t22-,23+,25-,29-/m0/s1. The van der Waals surface area contributed by atoms with E-state index < -0.39 is 5.97 Å². The van der Waals surface area contributed by atoms with Gasteiger partial charge in [0.2, 0.25) is 0 Å². The van der Waals surface area contributed by atoms with Gasteiger partial charge in [-0.2, -0.15) is 0 Å². The van der Waals surface area contributed by atoms with Crippen LogP contribution in [-0.4, -0.2) is 58.6 Å². The lowest BCUT2D eigenvalue weighted by Crippen LogP contribution is -2.62. The fourth-order valence-electron chi connectivity index (χ4n) is 7.30. The largest absolute Gasteiger partial charge is 0.496 e. The predicted molar refractivity (Wildman–Crippen MR) is 137 cm³/mol. The number of aryl methyl sites for hydroxylation is 1. The summed E-state index contributed by atoms with van der Waals surface area (Å²) in [5, 5.41) is 10.6. The Hall–Kier alpha value is -2.83. The number of carbonyl (C=O) groups is 1. The number of hydrogen-bond donors (Lipinski definition) is 2. The van der Waals surface area contributed by atoms with Crippen LogP contribution in [0.15, 0.2) is 42.6 Å². The molecule has 3 heterocycles. The fourth-order valence-corrected chi connectivity index (χ4v) is 7.30. The van der Waals surface area contributed by atoms with Gasteiger partial charge in [-0.1, -0.05) is 26.0 Å². The molecule has 3 aromatic rings. The molecule has 0 amide bonds. The first-order valence-electron chi connectivity index (χ1n) is 12.6. The lowest BCUT2D eigenvalue weighted by molar-refractivity contribution is -0.0359. The average molecular weight is 474 g/mol. The Labute approximate surface area is 206 Å². The number of aromatic nitrogens is 1. The predicted octanol–water partition coefficient (Wildman–Crippen LogP) is 4.87. The highest BCUT2D eigenvalue weighted by Gasteiger charge is 2.68. The molecule has 0 unspecified atom stereocenters. The smallest absolute Gasteiger partial charge is 0.335 e. The van der Waals surface area contributed by atoms with Gasteiger partial charge in [0, 0.05) is 54.9 Å². The maximum Gasteiger partial charge on any atom is 0.335 e. The third kappa shape index (κ3) is 3.26. The highest BCUT2D eigenvalue weighted by molar-refractivity contribution is 5.88. The van der Waals surface area contributed by atoms with Crippen LogP contribution in [0.2, 0.25) is 0 Å². The molecule has 1 aliphatic carbocycles. The van der Waals surface area contributed by atoms with Crippen LogP contribution in [0.3, 0.4) is 0 Å². The van der Waals surface area contributed by atoms with Gasteiger partial charge in [-0.25, -0.2) is 4.79 Å². The van der Waals surface area contributed by atoms with Gasteiger partial charge in [-0.3, -0.25) is 9.80 Å². The minimum atomic E-state index is -0.886. The normalized spacial score (nSPS) is 29.7. The van der Waals surface area contributed by atoms with Crippen LogP contribution in [-0.2, 0) is 12.1 Å². The molecule has 1 saturated carbocycles. The number of rotatable bonds is 5. The summed E-state index contributed by atoms with van der Waals surface area (Å²) in [7, 11) is 1.76. The second-order valence-corrected chi connectivity index (χ2v) is 11.6. The first-order valence-corrected chi connectivity index (χ1v) is 12.6. The Balaban J connectivity index is 1.43. The van der Waals surface area contributed by atoms with Crippen LogP contribution in [0.1, 0.15) is 47.8 Å². The summed E-state index contributed by atoms with van der Waals surface area (Å²) in [6.07, 6.45) is 2.01. The molecule has 0 spiro atoms. The van der Waals surface area contributed by atoms with Crippen LogP contribution >= 0.6 is 0 Å². The molecule has 184 valence electrons. The van der Waals surface area contributed by atoms with Crippen molar-refractivity contribution in [3.05, 3.63) is 64.8 Å². The molecule has 0 radical (unpaired) electrons. The van der Waals surface area contributed by atoms with Crippen LogP contribution in [0.25, 0.3) is 10.9 Å². The summed E-state index contributed by atoms with van der Waals surface area (Å²) >= 11 is 0. The van der Waals surface area contributed by atoms with Gasteiger partial charge < -0.3 is 14.8 Å². The lowest BCUT2D eigenvalue weighted by Gasteiger charge is -2.52. The van der Waals surface area contributed by atoms with Crippen molar-refractivity contribution in [2.24, 2.45) is 17.3 Å². The Morgan fingerprint density at radius 3 is 2.60 bits per heavy atom. The van der Waals surface area contributed by atoms with Crippen molar-refractivity contribution in [1.29, 1.82) is 0 Å². The summed E-state index contributed by atoms with van der Waals surface area (Å²) in [5.74, 6) is 1.56. The van der Waals surface area contributed by atoms with Crippen molar-refractivity contribution in [3.63, 3.8) is 0 Å². The highest BCUT2D eigenvalue weighted by Crippen LogP contribution is 2.66. The number of ether oxygens (including phenoxy) is 1. The number of methoxy groups -OCH3 is 1. The first-order chi connectivity index (χ1) is 16.6. The Morgan fingerprint density at radius 1 is 1.17 bits per heavy atom.